The molecule has 0 unspecified atom stereocenters. The molecule has 1 N–H and O–H groups in total. The number of nitrogens with one attached hydrogen (secondary N) is 1. The van der Waals surface area contributed by atoms with Gasteiger partial charge in [-0.2, -0.15) is 4.98 Å². The fourth-order valence-electron chi connectivity index (χ4n) is 3.99. The van der Waals surface area contributed by atoms with Gasteiger partial charge in [-0.25, -0.2) is 9.97 Å². The van der Waals surface area contributed by atoms with Crippen molar-refractivity contribution < 1.29 is 13.9 Å². The van der Waals surface area contributed by atoms with Gasteiger partial charge in [0.05, 0.1) is 30.6 Å². The molecule has 9 nitrogen and oxygen atoms in total. The molecule has 5 rings (SSSR count). The van der Waals surface area contributed by atoms with E-state index in [4.69, 9.17) is 9.15 Å². The zero-order valence-corrected chi connectivity index (χ0v) is 18.0. The number of hydrogen-bond donors (Lipinski definition) is 1. The van der Waals surface area contributed by atoms with E-state index in [1.54, 1.807) is 19.5 Å². The van der Waals surface area contributed by atoms with Crippen molar-refractivity contribution in [2.75, 3.05) is 25.5 Å². The Morgan fingerprint density at radius 3 is 2.65 bits per heavy atom. The predicted molar refractivity (Wildman–Crippen MR) is 114 cm³/mol. The summed E-state index contributed by atoms with van der Waals surface area (Å²) in [4.78, 5) is 32.7. The van der Waals surface area contributed by atoms with Gasteiger partial charge in [0.1, 0.15) is 11.6 Å². The number of aromatic nitrogens is 4. The molecule has 4 heterocycles. The lowest BCUT2D eigenvalue weighted by atomic mass is 9.94. The molecular weight excluding hydrogens is 396 g/mol. The van der Waals surface area contributed by atoms with Gasteiger partial charge < -0.3 is 19.4 Å². The van der Waals surface area contributed by atoms with E-state index in [2.05, 4.69) is 32.2 Å². The molecular formula is C22H26N6O3. The predicted octanol–water partition coefficient (Wildman–Crippen LogP) is 3.31. The highest BCUT2D eigenvalue weighted by atomic mass is 16.5. The van der Waals surface area contributed by atoms with Crippen LogP contribution in [0.4, 0.5) is 5.82 Å². The Morgan fingerprint density at radius 2 is 2.00 bits per heavy atom. The monoisotopic (exact) mass is 422 g/mol. The van der Waals surface area contributed by atoms with Crippen LogP contribution in [0.1, 0.15) is 60.6 Å². The van der Waals surface area contributed by atoms with Crippen LogP contribution >= 0.6 is 0 Å². The molecule has 0 bridgehead atoms. The van der Waals surface area contributed by atoms with E-state index in [0.717, 1.165) is 42.5 Å². The lowest BCUT2D eigenvalue weighted by Crippen LogP contribution is -2.39. The van der Waals surface area contributed by atoms with Gasteiger partial charge in [-0.3, -0.25) is 9.78 Å². The first kappa shape index (κ1) is 19.7. The summed E-state index contributed by atoms with van der Waals surface area (Å²) < 4.78 is 10.8. The first-order chi connectivity index (χ1) is 14.9. The van der Waals surface area contributed by atoms with Gasteiger partial charge >= 0.3 is 0 Å². The Bertz CT molecular complexity index is 1110. The van der Waals surface area contributed by atoms with Crippen LogP contribution in [0.25, 0.3) is 11.1 Å². The minimum absolute atomic E-state index is 0.0323. The number of methoxy groups -OCH3 is 1. The van der Waals surface area contributed by atoms with Crippen LogP contribution < -0.4 is 10.1 Å². The molecule has 0 spiro atoms. The third kappa shape index (κ3) is 3.92. The van der Waals surface area contributed by atoms with E-state index in [-0.39, 0.29) is 23.2 Å². The van der Waals surface area contributed by atoms with Gasteiger partial charge in [-0.1, -0.05) is 0 Å². The number of furan rings is 1. The summed E-state index contributed by atoms with van der Waals surface area (Å²) in [5.74, 6) is 2.20. The van der Waals surface area contributed by atoms with E-state index in [1.807, 2.05) is 17.9 Å². The zero-order valence-electron chi connectivity index (χ0n) is 18.0. The highest BCUT2D eigenvalue weighted by Crippen LogP contribution is 2.39. The van der Waals surface area contributed by atoms with Crippen molar-refractivity contribution >= 4 is 22.8 Å². The second-order valence-electron chi connectivity index (χ2n) is 8.71. The lowest BCUT2D eigenvalue weighted by molar-refractivity contribution is 0.0699. The van der Waals surface area contributed by atoms with E-state index in [1.165, 1.54) is 0 Å². The van der Waals surface area contributed by atoms with Gasteiger partial charge in [-0.05, 0) is 45.6 Å². The Labute approximate surface area is 180 Å². The van der Waals surface area contributed by atoms with Crippen LogP contribution in [-0.2, 0) is 0 Å². The number of nitrogens with zero attached hydrogens (tertiary/aromatic N) is 5. The molecule has 2 aliphatic rings. The number of anilines is 1. The number of hydrogen-bond acceptors (Lipinski definition) is 8. The molecule has 1 aliphatic heterocycles. The highest BCUT2D eigenvalue weighted by molar-refractivity contribution is 5.95. The maximum absolute atomic E-state index is 13.2. The number of fused-ring (bicyclic) bond motifs is 1. The third-order valence-corrected chi connectivity index (χ3v) is 6.19. The molecule has 9 heteroatoms. The molecule has 1 aliphatic carbocycles. The molecule has 0 aromatic carbocycles. The minimum atomic E-state index is -0.167. The van der Waals surface area contributed by atoms with Crippen LogP contribution in [0.5, 0.6) is 5.88 Å². The Morgan fingerprint density at radius 1 is 1.23 bits per heavy atom. The first-order valence-corrected chi connectivity index (χ1v) is 10.7. The number of rotatable bonds is 5. The molecule has 0 atom stereocenters. The second kappa shape index (κ2) is 7.47. The molecule has 162 valence electrons. The van der Waals surface area contributed by atoms with Crippen LogP contribution in [0.2, 0.25) is 0 Å². The van der Waals surface area contributed by atoms with Crippen molar-refractivity contribution in [1.82, 2.24) is 24.8 Å². The number of aryl methyl sites for hydroxylation is 1. The van der Waals surface area contributed by atoms with E-state index in [9.17, 15) is 4.79 Å². The molecule has 31 heavy (non-hydrogen) atoms. The summed E-state index contributed by atoms with van der Waals surface area (Å²) in [6, 6.07) is 1.92. The average molecular weight is 422 g/mol. The Hall–Kier alpha value is -3.23. The van der Waals surface area contributed by atoms with Crippen LogP contribution in [-0.4, -0.2) is 56.5 Å². The Kier molecular flexibility index (Phi) is 4.75. The van der Waals surface area contributed by atoms with Crippen LogP contribution in [0, 0.1) is 6.92 Å². The smallest absolute Gasteiger partial charge is 0.291 e. The Balaban J connectivity index is 1.33. The number of likely N-dealkylation sites (tertiary alicyclic amines) is 1. The summed E-state index contributed by atoms with van der Waals surface area (Å²) >= 11 is 0. The van der Waals surface area contributed by atoms with Crippen molar-refractivity contribution in [2.45, 2.75) is 51.0 Å². The van der Waals surface area contributed by atoms with Crippen LogP contribution in [0.3, 0.4) is 0 Å². The van der Waals surface area contributed by atoms with Crippen molar-refractivity contribution in [3.63, 3.8) is 0 Å². The van der Waals surface area contributed by atoms with Crippen molar-refractivity contribution in [2.24, 2.45) is 0 Å². The third-order valence-electron chi connectivity index (χ3n) is 6.19. The van der Waals surface area contributed by atoms with Gasteiger partial charge in [0, 0.05) is 24.5 Å². The van der Waals surface area contributed by atoms with Gasteiger partial charge in [0.2, 0.25) is 17.4 Å². The topological polar surface area (TPSA) is 106 Å². The second-order valence-corrected chi connectivity index (χ2v) is 8.71. The van der Waals surface area contributed by atoms with Crippen LogP contribution in [0.15, 0.2) is 22.9 Å². The molecule has 1 saturated carbocycles. The highest BCUT2D eigenvalue weighted by Gasteiger charge is 2.38. The summed E-state index contributed by atoms with van der Waals surface area (Å²) in [6.07, 6.45) is 7.20. The average Bonchev–Trinajstić information content (AvgIpc) is 3.38. The van der Waals surface area contributed by atoms with Gasteiger partial charge in [-0.15, -0.1) is 0 Å². The first-order valence-electron chi connectivity index (χ1n) is 10.7. The lowest BCUT2D eigenvalue weighted by Gasteiger charge is -2.31. The maximum Gasteiger partial charge on any atom is 0.291 e. The normalized spacial score (nSPS) is 18.2. The SMILES string of the molecule is COc1cnc(C2CCN(C(=O)c3nc(NC4(C)CC4)c4cc(C)oc4n3)CC2)cn1. The summed E-state index contributed by atoms with van der Waals surface area (Å²) in [5, 5.41) is 4.30. The molecule has 1 saturated heterocycles. The van der Waals surface area contributed by atoms with Crippen molar-refractivity contribution in [1.29, 1.82) is 0 Å². The fraction of sp³-hybridized carbons (Fsp3) is 0.500. The van der Waals surface area contributed by atoms with E-state index in [0.29, 0.717) is 30.5 Å². The summed E-state index contributed by atoms with van der Waals surface area (Å²) in [5.41, 5.74) is 1.41. The summed E-state index contributed by atoms with van der Waals surface area (Å²) in [6.45, 7) is 5.27. The number of carbonyl (C=O) groups is 1. The number of piperidine rings is 1. The minimum Gasteiger partial charge on any atom is -0.480 e. The summed E-state index contributed by atoms with van der Waals surface area (Å²) in [7, 11) is 1.57. The largest absolute Gasteiger partial charge is 0.480 e. The van der Waals surface area contributed by atoms with Crippen molar-refractivity contribution in [3.05, 3.63) is 35.7 Å². The quantitative estimate of drug-likeness (QED) is 0.667. The maximum atomic E-state index is 13.2. The number of ether oxygens (including phenoxy) is 1. The zero-order chi connectivity index (χ0) is 21.6. The molecule has 0 radical (unpaired) electrons. The van der Waals surface area contributed by atoms with Gasteiger partial charge in [0.25, 0.3) is 5.91 Å². The fourth-order valence-corrected chi connectivity index (χ4v) is 3.99. The van der Waals surface area contributed by atoms with E-state index >= 15 is 0 Å². The van der Waals surface area contributed by atoms with Crippen molar-refractivity contribution in [3.8, 4) is 5.88 Å². The van der Waals surface area contributed by atoms with E-state index < -0.39 is 0 Å². The molecule has 3 aromatic rings. The molecule has 2 fully saturated rings. The number of carbonyl (C=O) groups excluding carboxylic acids is 1. The molecule has 3 aromatic heterocycles. The number of amides is 1. The standard InChI is InChI=1S/C22H26N6O3/c1-13-10-15-18(27-22(2)6-7-22)25-19(26-20(15)31-13)21(29)28-8-4-14(5-9-28)16-11-24-17(30-3)12-23-16/h10-12,14H,4-9H2,1-3H3,(H,25,26,27). The molecule has 1 amide bonds. The van der Waals surface area contributed by atoms with Gasteiger partial charge in [0.15, 0.2) is 0 Å².